The summed E-state index contributed by atoms with van der Waals surface area (Å²) in [5.41, 5.74) is 1.51. The Hall–Kier alpha value is -1.62. The first-order chi connectivity index (χ1) is 9.20. The molecule has 0 saturated heterocycles. The Morgan fingerprint density at radius 3 is 2.84 bits per heavy atom. The number of halogens is 1. The zero-order chi connectivity index (χ0) is 13.7. The lowest BCUT2D eigenvalue weighted by Crippen LogP contribution is -2.32. The van der Waals surface area contributed by atoms with Crippen molar-refractivity contribution >= 4 is 21.8 Å². The molecule has 4 nitrogen and oxygen atoms in total. The van der Waals surface area contributed by atoms with Crippen molar-refractivity contribution in [2.45, 2.75) is 19.4 Å². The Kier molecular flexibility index (Phi) is 4.74. The van der Waals surface area contributed by atoms with Gasteiger partial charge in [-0.25, -0.2) is 4.68 Å². The number of hydrogen-bond acceptors (Lipinski definition) is 2. The van der Waals surface area contributed by atoms with Crippen LogP contribution in [0.1, 0.15) is 23.7 Å². The van der Waals surface area contributed by atoms with Crippen LogP contribution in [-0.4, -0.2) is 27.1 Å². The first-order valence-electron chi connectivity index (χ1n) is 6.17. The number of para-hydroxylation sites is 1. The second-order valence-corrected chi connectivity index (χ2v) is 5.15. The summed E-state index contributed by atoms with van der Waals surface area (Å²) in [6.07, 6.45) is 4.23. The van der Waals surface area contributed by atoms with E-state index in [1.165, 1.54) is 0 Å². The lowest BCUT2D eigenvalue weighted by atomic mass is 10.2. The first kappa shape index (κ1) is 13.8. The van der Waals surface area contributed by atoms with Crippen LogP contribution in [0.25, 0.3) is 5.69 Å². The average molecular weight is 322 g/mol. The number of alkyl halides is 1. The van der Waals surface area contributed by atoms with Crippen molar-refractivity contribution in [2.75, 3.05) is 5.33 Å². The second-order valence-electron chi connectivity index (χ2n) is 4.36. The minimum Gasteiger partial charge on any atom is -0.349 e. The molecule has 1 atom stereocenters. The lowest BCUT2D eigenvalue weighted by molar-refractivity contribution is 0.0939. The highest BCUT2D eigenvalue weighted by molar-refractivity contribution is 9.09. The molecule has 0 bridgehead atoms. The summed E-state index contributed by atoms with van der Waals surface area (Å²) in [7, 11) is 0. The minimum absolute atomic E-state index is 0.0874. The molecule has 0 radical (unpaired) electrons. The van der Waals surface area contributed by atoms with Crippen molar-refractivity contribution in [2.24, 2.45) is 0 Å². The van der Waals surface area contributed by atoms with E-state index in [1.807, 2.05) is 37.3 Å². The van der Waals surface area contributed by atoms with Crippen LogP contribution in [-0.2, 0) is 0 Å². The maximum absolute atomic E-state index is 12.0. The van der Waals surface area contributed by atoms with Crippen LogP contribution in [0.2, 0.25) is 0 Å². The van der Waals surface area contributed by atoms with Crippen LogP contribution < -0.4 is 5.32 Å². The van der Waals surface area contributed by atoms with Gasteiger partial charge in [0.15, 0.2) is 0 Å². The van der Waals surface area contributed by atoms with E-state index in [-0.39, 0.29) is 11.9 Å². The van der Waals surface area contributed by atoms with Crippen molar-refractivity contribution in [3.63, 3.8) is 0 Å². The number of benzene rings is 1. The average Bonchev–Trinajstić information content (AvgIpc) is 2.89. The van der Waals surface area contributed by atoms with Gasteiger partial charge in [-0.3, -0.25) is 4.79 Å². The summed E-state index contributed by atoms with van der Waals surface area (Å²) in [5.74, 6) is -0.0874. The predicted octanol–water partition coefficient (Wildman–Crippen LogP) is 2.78. The van der Waals surface area contributed by atoms with Gasteiger partial charge in [0.2, 0.25) is 0 Å². The van der Waals surface area contributed by atoms with E-state index in [1.54, 1.807) is 17.1 Å². The number of carbonyl (C=O) groups excluding carboxylic acids is 1. The topological polar surface area (TPSA) is 46.9 Å². The van der Waals surface area contributed by atoms with Gasteiger partial charge in [0, 0.05) is 17.6 Å². The molecule has 0 fully saturated rings. The van der Waals surface area contributed by atoms with Gasteiger partial charge >= 0.3 is 0 Å². The number of hydrogen-bond donors (Lipinski definition) is 1. The van der Waals surface area contributed by atoms with Gasteiger partial charge in [-0.2, -0.15) is 5.10 Å². The molecule has 2 aromatic rings. The molecule has 5 heteroatoms. The quantitative estimate of drug-likeness (QED) is 0.861. The Morgan fingerprint density at radius 1 is 1.42 bits per heavy atom. The van der Waals surface area contributed by atoms with E-state index in [9.17, 15) is 4.79 Å². The Morgan fingerprint density at radius 2 is 2.16 bits per heavy atom. The molecule has 1 aromatic heterocycles. The van der Waals surface area contributed by atoms with E-state index in [0.29, 0.717) is 5.56 Å². The van der Waals surface area contributed by atoms with E-state index >= 15 is 0 Å². The smallest absolute Gasteiger partial charge is 0.254 e. The van der Waals surface area contributed by atoms with Gasteiger partial charge in [0.05, 0.1) is 17.4 Å². The molecule has 19 heavy (non-hydrogen) atoms. The molecule has 1 aromatic carbocycles. The first-order valence-corrected chi connectivity index (χ1v) is 7.30. The lowest BCUT2D eigenvalue weighted by Gasteiger charge is -2.10. The molecule has 1 heterocycles. The molecular formula is C14H16BrN3O. The van der Waals surface area contributed by atoms with Gasteiger partial charge in [0.1, 0.15) is 0 Å². The third-order valence-electron chi connectivity index (χ3n) is 2.79. The number of amides is 1. The van der Waals surface area contributed by atoms with E-state index in [2.05, 4.69) is 26.3 Å². The van der Waals surface area contributed by atoms with Crippen molar-refractivity contribution in [3.05, 3.63) is 48.3 Å². The van der Waals surface area contributed by atoms with Crippen LogP contribution >= 0.6 is 15.9 Å². The Labute approximate surface area is 120 Å². The molecule has 1 N–H and O–H groups in total. The van der Waals surface area contributed by atoms with Crippen molar-refractivity contribution < 1.29 is 4.79 Å². The monoisotopic (exact) mass is 321 g/mol. The fourth-order valence-electron chi connectivity index (χ4n) is 1.70. The Balaban J connectivity index is 2.07. The number of nitrogens with one attached hydrogen (secondary N) is 1. The number of rotatable bonds is 5. The third kappa shape index (κ3) is 3.67. The molecule has 0 aliphatic carbocycles. The SMILES string of the molecule is CC(CCBr)NC(=O)c1cnn(-c2ccccc2)c1. The number of carbonyl (C=O) groups is 1. The zero-order valence-electron chi connectivity index (χ0n) is 10.7. The van der Waals surface area contributed by atoms with Gasteiger partial charge in [-0.1, -0.05) is 34.1 Å². The molecule has 1 amide bonds. The van der Waals surface area contributed by atoms with E-state index in [0.717, 1.165) is 17.4 Å². The summed E-state index contributed by atoms with van der Waals surface area (Å²) in [4.78, 5) is 12.0. The van der Waals surface area contributed by atoms with Crippen LogP contribution in [0.5, 0.6) is 0 Å². The van der Waals surface area contributed by atoms with Gasteiger partial charge in [0.25, 0.3) is 5.91 Å². The fraction of sp³-hybridized carbons (Fsp3) is 0.286. The Bertz CT molecular complexity index is 539. The molecule has 0 aliphatic rings. The van der Waals surface area contributed by atoms with E-state index in [4.69, 9.17) is 0 Å². The summed E-state index contributed by atoms with van der Waals surface area (Å²) in [6, 6.07) is 9.86. The van der Waals surface area contributed by atoms with Crippen molar-refractivity contribution in [1.29, 1.82) is 0 Å². The molecular weight excluding hydrogens is 306 g/mol. The molecule has 1 unspecified atom stereocenters. The van der Waals surface area contributed by atoms with Crippen molar-refractivity contribution in [3.8, 4) is 5.69 Å². The maximum atomic E-state index is 12.0. The van der Waals surface area contributed by atoms with Gasteiger partial charge in [-0.15, -0.1) is 0 Å². The standard InChI is InChI=1S/C14H16BrN3O/c1-11(7-8-15)17-14(19)12-9-16-18(10-12)13-5-3-2-4-6-13/h2-6,9-11H,7-8H2,1H3,(H,17,19). The predicted molar refractivity (Wildman–Crippen MR) is 78.9 cm³/mol. The fourth-order valence-corrected chi connectivity index (χ4v) is 2.39. The largest absolute Gasteiger partial charge is 0.349 e. The summed E-state index contributed by atoms with van der Waals surface area (Å²) in [6.45, 7) is 1.99. The van der Waals surface area contributed by atoms with Gasteiger partial charge in [-0.05, 0) is 25.5 Å². The van der Waals surface area contributed by atoms with Crippen LogP contribution in [0.4, 0.5) is 0 Å². The molecule has 2 rings (SSSR count). The highest BCUT2D eigenvalue weighted by Crippen LogP contribution is 2.08. The molecule has 0 aliphatic heterocycles. The molecule has 0 saturated carbocycles. The second kappa shape index (κ2) is 6.52. The third-order valence-corrected chi connectivity index (χ3v) is 3.24. The van der Waals surface area contributed by atoms with Crippen LogP contribution in [0.15, 0.2) is 42.7 Å². The highest BCUT2D eigenvalue weighted by atomic mass is 79.9. The van der Waals surface area contributed by atoms with Gasteiger partial charge < -0.3 is 5.32 Å². The maximum Gasteiger partial charge on any atom is 0.254 e. The van der Waals surface area contributed by atoms with Crippen LogP contribution in [0, 0.1) is 0 Å². The summed E-state index contributed by atoms with van der Waals surface area (Å²) >= 11 is 3.36. The normalized spacial score (nSPS) is 12.1. The zero-order valence-corrected chi connectivity index (χ0v) is 12.3. The number of nitrogens with zero attached hydrogens (tertiary/aromatic N) is 2. The van der Waals surface area contributed by atoms with Crippen molar-refractivity contribution in [1.82, 2.24) is 15.1 Å². The highest BCUT2D eigenvalue weighted by Gasteiger charge is 2.11. The minimum atomic E-state index is -0.0874. The summed E-state index contributed by atoms with van der Waals surface area (Å²) < 4.78 is 1.70. The number of aromatic nitrogens is 2. The molecule has 100 valence electrons. The molecule has 0 spiro atoms. The van der Waals surface area contributed by atoms with Crippen LogP contribution in [0.3, 0.4) is 0 Å². The summed E-state index contributed by atoms with van der Waals surface area (Å²) in [5, 5.41) is 8.02. The van der Waals surface area contributed by atoms with E-state index < -0.39 is 0 Å².